The van der Waals surface area contributed by atoms with Gasteiger partial charge in [-0.3, -0.25) is 0 Å². The van der Waals surface area contributed by atoms with Crippen molar-refractivity contribution in [1.82, 2.24) is 5.32 Å². The summed E-state index contributed by atoms with van der Waals surface area (Å²) in [4.78, 5) is 22.3. The van der Waals surface area contributed by atoms with E-state index in [2.05, 4.69) is 16.6 Å². The summed E-state index contributed by atoms with van der Waals surface area (Å²) in [6, 6.07) is 3.71. The molecule has 0 aliphatic carbocycles. The van der Waals surface area contributed by atoms with Crippen LogP contribution in [-0.2, 0) is 0 Å². The number of aromatic carboxylic acids is 1. The van der Waals surface area contributed by atoms with Gasteiger partial charge in [0.2, 0.25) is 0 Å². The van der Waals surface area contributed by atoms with E-state index >= 15 is 0 Å². The summed E-state index contributed by atoms with van der Waals surface area (Å²) in [6.45, 7) is 0.512. The number of hydrogen-bond donors (Lipinski definition) is 3. The molecule has 0 aliphatic heterocycles. The second-order valence-corrected chi connectivity index (χ2v) is 4.45. The van der Waals surface area contributed by atoms with Gasteiger partial charge in [0.1, 0.15) is 0 Å². The molecule has 0 aromatic heterocycles. The Balaban J connectivity index is 2.46. The lowest BCUT2D eigenvalue weighted by Crippen LogP contribution is -2.29. The minimum atomic E-state index is -1.07. The number of halogens is 1. The van der Waals surface area contributed by atoms with Crippen molar-refractivity contribution in [2.24, 2.45) is 0 Å². The maximum Gasteiger partial charge on any atom is 0.335 e. The molecule has 1 aromatic rings. The molecular formula is C14H15ClN2O3. The number of urea groups is 1. The van der Waals surface area contributed by atoms with Crippen LogP contribution in [0.3, 0.4) is 0 Å². The van der Waals surface area contributed by atoms with E-state index in [1.165, 1.54) is 18.2 Å². The minimum absolute atomic E-state index is 0.0650. The molecule has 0 bridgehead atoms. The third kappa shape index (κ3) is 5.21. The van der Waals surface area contributed by atoms with Crippen molar-refractivity contribution in [3.05, 3.63) is 28.8 Å². The molecule has 3 N–H and O–H groups in total. The highest BCUT2D eigenvalue weighted by Gasteiger charge is 2.09. The Morgan fingerprint density at radius 3 is 2.70 bits per heavy atom. The molecule has 106 valence electrons. The lowest BCUT2D eigenvalue weighted by Gasteiger charge is -2.09. The second-order valence-electron chi connectivity index (χ2n) is 4.04. The van der Waals surface area contributed by atoms with Gasteiger partial charge in [-0.1, -0.05) is 11.6 Å². The van der Waals surface area contributed by atoms with E-state index in [-0.39, 0.29) is 10.6 Å². The van der Waals surface area contributed by atoms with Gasteiger partial charge >= 0.3 is 12.0 Å². The summed E-state index contributed by atoms with van der Waals surface area (Å²) in [5, 5.41) is 14.2. The van der Waals surface area contributed by atoms with Gasteiger partial charge in [0, 0.05) is 13.0 Å². The Kier molecular flexibility index (Phi) is 6.41. The predicted molar refractivity (Wildman–Crippen MR) is 78.1 cm³/mol. The number of nitrogens with one attached hydrogen (secondary N) is 2. The monoisotopic (exact) mass is 294 g/mol. The number of rotatable bonds is 6. The Bertz CT molecular complexity index is 538. The van der Waals surface area contributed by atoms with E-state index in [1.807, 2.05) is 0 Å². The molecule has 5 nitrogen and oxygen atoms in total. The molecule has 0 saturated carbocycles. The van der Waals surface area contributed by atoms with E-state index in [0.717, 1.165) is 12.8 Å². The first-order chi connectivity index (χ1) is 9.54. The van der Waals surface area contributed by atoms with Crippen molar-refractivity contribution < 1.29 is 14.7 Å². The standard InChI is InChI=1S/C14H15ClN2O3/c1-2-3-4-5-8-16-14(20)17-12-7-6-10(13(18)19)9-11(12)15/h1,6-7,9H,3-5,8H2,(H,18,19)(H2,16,17,20). The van der Waals surface area contributed by atoms with Crippen LogP contribution in [0.2, 0.25) is 5.02 Å². The third-order valence-corrected chi connectivity index (χ3v) is 2.81. The van der Waals surface area contributed by atoms with Gasteiger partial charge in [-0.25, -0.2) is 9.59 Å². The fourth-order valence-corrected chi connectivity index (χ4v) is 1.70. The third-order valence-electron chi connectivity index (χ3n) is 2.50. The van der Waals surface area contributed by atoms with Crippen LogP contribution in [0, 0.1) is 12.3 Å². The van der Waals surface area contributed by atoms with Crippen LogP contribution in [0.25, 0.3) is 0 Å². The number of carbonyl (C=O) groups excluding carboxylic acids is 1. The van der Waals surface area contributed by atoms with Gasteiger partial charge in [0.05, 0.1) is 16.3 Å². The van der Waals surface area contributed by atoms with Crippen molar-refractivity contribution in [3.8, 4) is 12.3 Å². The van der Waals surface area contributed by atoms with Crippen molar-refractivity contribution in [1.29, 1.82) is 0 Å². The normalized spacial score (nSPS) is 9.60. The van der Waals surface area contributed by atoms with Crippen LogP contribution in [0.4, 0.5) is 10.5 Å². The highest BCUT2D eigenvalue weighted by atomic mass is 35.5. The molecule has 0 fully saturated rings. The molecular weight excluding hydrogens is 280 g/mol. The zero-order valence-corrected chi connectivity index (χ0v) is 11.5. The highest BCUT2D eigenvalue weighted by molar-refractivity contribution is 6.34. The lowest BCUT2D eigenvalue weighted by atomic mass is 10.2. The summed E-state index contributed by atoms with van der Waals surface area (Å²) in [7, 11) is 0. The summed E-state index contributed by atoms with van der Waals surface area (Å²) in [6.07, 6.45) is 7.45. The molecule has 0 aliphatic rings. The van der Waals surface area contributed by atoms with Gasteiger partial charge in [0.15, 0.2) is 0 Å². The fraction of sp³-hybridized carbons (Fsp3) is 0.286. The Hall–Kier alpha value is -2.19. The number of terminal acetylenes is 1. The molecule has 0 unspecified atom stereocenters. The Morgan fingerprint density at radius 2 is 2.10 bits per heavy atom. The number of carbonyl (C=O) groups is 2. The number of unbranched alkanes of at least 4 members (excludes halogenated alkanes) is 2. The van der Waals surface area contributed by atoms with Gasteiger partial charge < -0.3 is 15.7 Å². The zero-order valence-electron chi connectivity index (χ0n) is 10.8. The van der Waals surface area contributed by atoms with Gasteiger partial charge in [-0.15, -0.1) is 12.3 Å². The number of benzene rings is 1. The summed E-state index contributed by atoms with van der Waals surface area (Å²) >= 11 is 5.89. The quantitative estimate of drug-likeness (QED) is 0.557. The average Bonchev–Trinajstić information content (AvgIpc) is 2.40. The fourth-order valence-electron chi connectivity index (χ4n) is 1.47. The SMILES string of the molecule is C#CCCCCNC(=O)Nc1ccc(C(=O)O)cc1Cl. The first-order valence-corrected chi connectivity index (χ1v) is 6.43. The van der Waals surface area contributed by atoms with Crippen molar-refractivity contribution in [2.75, 3.05) is 11.9 Å². The highest BCUT2D eigenvalue weighted by Crippen LogP contribution is 2.22. The maximum absolute atomic E-state index is 11.6. The zero-order chi connectivity index (χ0) is 15.0. The smallest absolute Gasteiger partial charge is 0.335 e. The average molecular weight is 295 g/mol. The largest absolute Gasteiger partial charge is 0.478 e. The van der Waals surface area contributed by atoms with E-state index < -0.39 is 12.0 Å². The topological polar surface area (TPSA) is 78.4 Å². The molecule has 6 heteroatoms. The number of anilines is 1. The first kappa shape index (κ1) is 15.9. The molecule has 0 radical (unpaired) electrons. The molecule has 2 amide bonds. The molecule has 1 rings (SSSR count). The maximum atomic E-state index is 11.6. The van der Waals surface area contributed by atoms with E-state index in [4.69, 9.17) is 23.1 Å². The predicted octanol–water partition coefficient (Wildman–Crippen LogP) is 2.96. The molecule has 0 heterocycles. The number of carboxylic acid groups (broad SMARTS) is 1. The summed E-state index contributed by atoms with van der Waals surface area (Å²) < 4.78 is 0. The minimum Gasteiger partial charge on any atom is -0.478 e. The van der Waals surface area contributed by atoms with Gasteiger partial charge in [-0.05, 0) is 31.0 Å². The van der Waals surface area contributed by atoms with Crippen molar-refractivity contribution in [3.63, 3.8) is 0 Å². The van der Waals surface area contributed by atoms with Crippen LogP contribution < -0.4 is 10.6 Å². The van der Waals surface area contributed by atoms with Crippen molar-refractivity contribution in [2.45, 2.75) is 19.3 Å². The van der Waals surface area contributed by atoms with Crippen molar-refractivity contribution >= 4 is 29.3 Å². The number of hydrogen-bond acceptors (Lipinski definition) is 2. The van der Waals surface area contributed by atoms with Gasteiger partial charge in [0.25, 0.3) is 0 Å². The second kappa shape index (κ2) is 8.08. The van der Waals surface area contributed by atoms with Crippen LogP contribution in [0.5, 0.6) is 0 Å². The molecule has 0 saturated heterocycles. The molecule has 0 atom stereocenters. The summed E-state index contributed by atoms with van der Waals surface area (Å²) in [5.41, 5.74) is 0.424. The van der Waals surface area contributed by atoms with E-state index in [9.17, 15) is 9.59 Å². The van der Waals surface area contributed by atoms with Crippen LogP contribution in [0.1, 0.15) is 29.6 Å². The Labute approximate surface area is 122 Å². The van der Waals surface area contributed by atoms with E-state index in [0.29, 0.717) is 18.7 Å². The van der Waals surface area contributed by atoms with Crippen LogP contribution >= 0.6 is 11.6 Å². The van der Waals surface area contributed by atoms with E-state index in [1.54, 1.807) is 0 Å². The van der Waals surface area contributed by atoms with Crippen LogP contribution in [-0.4, -0.2) is 23.7 Å². The Morgan fingerprint density at radius 1 is 1.35 bits per heavy atom. The molecule has 20 heavy (non-hydrogen) atoms. The van der Waals surface area contributed by atoms with Gasteiger partial charge in [-0.2, -0.15) is 0 Å². The first-order valence-electron chi connectivity index (χ1n) is 6.05. The summed E-state index contributed by atoms with van der Waals surface area (Å²) in [5.74, 6) is 1.45. The lowest BCUT2D eigenvalue weighted by molar-refractivity contribution is 0.0697. The molecule has 1 aromatic carbocycles. The number of carboxylic acids is 1. The molecule has 0 spiro atoms. The number of amides is 2. The van der Waals surface area contributed by atoms with Crippen LogP contribution in [0.15, 0.2) is 18.2 Å².